The Hall–Kier alpha value is -2.80. The van der Waals surface area contributed by atoms with E-state index in [0.29, 0.717) is 16.8 Å². The number of esters is 1. The summed E-state index contributed by atoms with van der Waals surface area (Å²) in [6.07, 6.45) is 0. The molecule has 0 unspecified atom stereocenters. The Kier molecular flexibility index (Phi) is 6.19. The lowest BCUT2D eigenvalue weighted by Crippen LogP contribution is -2.30. The molecular weight excluding hydrogens is 330 g/mol. The maximum absolute atomic E-state index is 13.2. The van der Waals surface area contributed by atoms with Gasteiger partial charge in [-0.1, -0.05) is 6.07 Å². The largest absolute Gasteiger partial charge is 0.465 e. The fourth-order valence-corrected chi connectivity index (χ4v) is 2.16. The van der Waals surface area contributed by atoms with Gasteiger partial charge in [0.2, 0.25) is 5.91 Å². The first-order valence-electron chi connectivity index (χ1n) is 7.57. The van der Waals surface area contributed by atoms with Gasteiger partial charge in [0.15, 0.2) is 11.6 Å². The number of benzene rings is 2. The first-order valence-corrected chi connectivity index (χ1v) is 7.57. The molecule has 0 aliphatic carbocycles. The van der Waals surface area contributed by atoms with E-state index in [-0.39, 0.29) is 18.5 Å². The van der Waals surface area contributed by atoms with Crippen LogP contribution in [0.1, 0.15) is 28.9 Å². The minimum atomic E-state index is -0.929. The predicted octanol–water partition coefficient (Wildman–Crippen LogP) is 3.04. The topological polar surface area (TPSA) is 67.4 Å². The van der Waals surface area contributed by atoms with Gasteiger partial charge in [0.25, 0.3) is 0 Å². The van der Waals surface area contributed by atoms with E-state index in [1.807, 2.05) is 0 Å². The fraction of sp³-hybridized carbons (Fsp3) is 0.222. The summed E-state index contributed by atoms with van der Waals surface area (Å²) in [5.41, 5.74) is 1.44. The van der Waals surface area contributed by atoms with Gasteiger partial charge in [0.05, 0.1) is 19.2 Å². The lowest BCUT2D eigenvalue weighted by molar-refractivity contribution is -0.115. The van der Waals surface area contributed by atoms with Crippen molar-refractivity contribution in [3.63, 3.8) is 0 Å². The van der Waals surface area contributed by atoms with Crippen LogP contribution in [0.4, 0.5) is 14.5 Å². The SMILES string of the molecule is COC(=O)c1ccc(NC(=O)CN[C@H](C)c2ccc(F)c(F)c2)cc1. The maximum Gasteiger partial charge on any atom is 0.337 e. The first kappa shape index (κ1) is 18.5. The number of amides is 1. The Labute approximate surface area is 144 Å². The zero-order chi connectivity index (χ0) is 18.4. The molecule has 0 fully saturated rings. The van der Waals surface area contributed by atoms with Crippen LogP contribution in [0.15, 0.2) is 42.5 Å². The summed E-state index contributed by atoms with van der Waals surface area (Å²) in [6.45, 7) is 1.73. The average Bonchev–Trinajstić information content (AvgIpc) is 2.62. The molecule has 2 aromatic carbocycles. The molecule has 0 aromatic heterocycles. The van der Waals surface area contributed by atoms with Crippen molar-refractivity contribution < 1.29 is 23.1 Å². The molecule has 0 aliphatic rings. The molecule has 0 bridgehead atoms. The molecule has 0 saturated heterocycles. The monoisotopic (exact) mass is 348 g/mol. The number of hydrogen-bond acceptors (Lipinski definition) is 4. The van der Waals surface area contributed by atoms with Crippen molar-refractivity contribution in [2.75, 3.05) is 19.0 Å². The van der Waals surface area contributed by atoms with Crippen LogP contribution < -0.4 is 10.6 Å². The molecule has 1 amide bonds. The third-order valence-electron chi connectivity index (χ3n) is 3.60. The Morgan fingerprint density at radius 3 is 2.36 bits per heavy atom. The van der Waals surface area contributed by atoms with Gasteiger partial charge in [0.1, 0.15) is 0 Å². The van der Waals surface area contributed by atoms with Crippen LogP contribution in [0.3, 0.4) is 0 Å². The van der Waals surface area contributed by atoms with E-state index in [2.05, 4.69) is 15.4 Å². The molecule has 7 heteroatoms. The minimum absolute atomic E-state index is 0.0150. The highest BCUT2D eigenvalue weighted by molar-refractivity contribution is 5.93. The van der Waals surface area contributed by atoms with Gasteiger partial charge in [0, 0.05) is 11.7 Å². The van der Waals surface area contributed by atoms with Gasteiger partial charge in [-0.2, -0.15) is 0 Å². The van der Waals surface area contributed by atoms with Gasteiger partial charge < -0.3 is 15.4 Å². The van der Waals surface area contributed by atoms with Crippen molar-refractivity contribution >= 4 is 17.6 Å². The van der Waals surface area contributed by atoms with E-state index in [1.165, 1.54) is 13.2 Å². The lowest BCUT2D eigenvalue weighted by Gasteiger charge is -2.14. The van der Waals surface area contributed by atoms with E-state index < -0.39 is 17.6 Å². The first-order chi connectivity index (χ1) is 11.9. The molecule has 0 radical (unpaired) electrons. The Balaban J connectivity index is 1.87. The number of carbonyl (C=O) groups is 2. The van der Waals surface area contributed by atoms with E-state index >= 15 is 0 Å². The molecule has 132 valence electrons. The van der Waals surface area contributed by atoms with E-state index in [9.17, 15) is 18.4 Å². The summed E-state index contributed by atoms with van der Waals surface area (Å²) in [5, 5.41) is 5.59. The van der Waals surface area contributed by atoms with Crippen LogP contribution in [0.5, 0.6) is 0 Å². The van der Waals surface area contributed by atoms with Crippen LogP contribution in [-0.2, 0) is 9.53 Å². The van der Waals surface area contributed by atoms with Crippen molar-refractivity contribution in [3.8, 4) is 0 Å². The summed E-state index contributed by atoms with van der Waals surface area (Å²) in [5.74, 6) is -2.61. The third kappa shape index (κ3) is 5.09. The van der Waals surface area contributed by atoms with Crippen molar-refractivity contribution in [2.24, 2.45) is 0 Å². The maximum atomic E-state index is 13.2. The third-order valence-corrected chi connectivity index (χ3v) is 3.60. The molecule has 0 spiro atoms. The standard InChI is InChI=1S/C18H18F2N2O3/c1-11(13-5-8-15(19)16(20)9-13)21-10-17(23)22-14-6-3-12(4-7-14)18(24)25-2/h3-9,11,21H,10H2,1-2H3,(H,22,23)/t11-/m1/s1. The van der Waals surface area contributed by atoms with Crippen molar-refractivity contribution in [2.45, 2.75) is 13.0 Å². The molecule has 0 aliphatic heterocycles. The minimum Gasteiger partial charge on any atom is -0.465 e. The summed E-state index contributed by atoms with van der Waals surface area (Å²) in [7, 11) is 1.29. The van der Waals surface area contributed by atoms with Gasteiger partial charge in [-0.05, 0) is 48.9 Å². The number of hydrogen-bond donors (Lipinski definition) is 2. The Bertz CT molecular complexity index is 763. The van der Waals surface area contributed by atoms with Crippen molar-refractivity contribution in [1.29, 1.82) is 0 Å². The molecule has 1 atom stereocenters. The molecule has 0 saturated carbocycles. The molecule has 2 rings (SSSR count). The van der Waals surface area contributed by atoms with E-state index in [0.717, 1.165) is 12.1 Å². The van der Waals surface area contributed by atoms with Gasteiger partial charge >= 0.3 is 5.97 Å². The highest BCUT2D eigenvalue weighted by atomic mass is 19.2. The molecular formula is C18H18F2N2O3. The highest BCUT2D eigenvalue weighted by Crippen LogP contribution is 2.16. The van der Waals surface area contributed by atoms with Gasteiger partial charge in [-0.15, -0.1) is 0 Å². The van der Waals surface area contributed by atoms with Crippen LogP contribution in [0, 0.1) is 11.6 Å². The van der Waals surface area contributed by atoms with Crippen LogP contribution in [0.2, 0.25) is 0 Å². The molecule has 2 N–H and O–H groups in total. The Morgan fingerprint density at radius 1 is 1.08 bits per heavy atom. The number of methoxy groups -OCH3 is 1. The normalized spacial score (nSPS) is 11.7. The highest BCUT2D eigenvalue weighted by Gasteiger charge is 2.11. The molecule has 2 aromatic rings. The van der Waals surface area contributed by atoms with Crippen molar-refractivity contribution in [3.05, 3.63) is 65.2 Å². The average molecular weight is 348 g/mol. The second-order valence-electron chi connectivity index (χ2n) is 5.39. The second-order valence-corrected chi connectivity index (χ2v) is 5.39. The summed E-state index contributed by atoms with van der Waals surface area (Å²) in [4.78, 5) is 23.3. The van der Waals surface area contributed by atoms with Gasteiger partial charge in [-0.3, -0.25) is 4.79 Å². The predicted molar refractivity (Wildman–Crippen MR) is 89.2 cm³/mol. The summed E-state index contributed by atoms with van der Waals surface area (Å²) < 4.78 is 30.8. The summed E-state index contributed by atoms with van der Waals surface area (Å²) in [6, 6.07) is 9.52. The number of anilines is 1. The number of ether oxygens (including phenoxy) is 1. The fourth-order valence-electron chi connectivity index (χ4n) is 2.16. The number of halogens is 2. The number of nitrogens with one attached hydrogen (secondary N) is 2. The zero-order valence-corrected chi connectivity index (χ0v) is 13.8. The molecule has 25 heavy (non-hydrogen) atoms. The second kappa shape index (κ2) is 8.34. The molecule has 0 heterocycles. The van der Waals surface area contributed by atoms with Gasteiger partial charge in [-0.25, -0.2) is 13.6 Å². The van der Waals surface area contributed by atoms with E-state index in [4.69, 9.17) is 0 Å². The zero-order valence-electron chi connectivity index (χ0n) is 13.8. The van der Waals surface area contributed by atoms with Crippen molar-refractivity contribution in [1.82, 2.24) is 5.32 Å². The number of rotatable bonds is 6. The Morgan fingerprint density at radius 2 is 1.76 bits per heavy atom. The van der Waals surface area contributed by atoms with Crippen LogP contribution in [0.25, 0.3) is 0 Å². The van der Waals surface area contributed by atoms with Crippen LogP contribution >= 0.6 is 0 Å². The summed E-state index contributed by atoms with van der Waals surface area (Å²) >= 11 is 0. The quantitative estimate of drug-likeness (QED) is 0.788. The molecule has 5 nitrogen and oxygen atoms in total. The lowest BCUT2D eigenvalue weighted by atomic mass is 10.1. The van der Waals surface area contributed by atoms with E-state index in [1.54, 1.807) is 31.2 Å². The number of carbonyl (C=O) groups excluding carboxylic acids is 2. The smallest absolute Gasteiger partial charge is 0.337 e. The van der Waals surface area contributed by atoms with Crippen LogP contribution in [-0.4, -0.2) is 25.5 Å².